The molecule has 5 heteroatoms. The molecule has 0 aromatic carbocycles. The SMILES string of the molecule is CCCC(CCBr)CNC(=O)c1cncc(Br)c1. The first kappa shape index (κ1) is 15.6. The minimum atomic E-state index is -0.0560. The predicted molar refractivity (Wildman–Crippen MR) is 81.1 cm³/mol. The zero-order chi connectivity index (χ0) is 13.4. The van der Waals surface area contributed by atoms with Crippen LogP contribution in [0.2, 0.25) is 0 Å². The Morgan fingerprint density at radius 2 is 2.22 bits per heavy atom. The zero-order valence-electron chi connectivity index (χ0n) is 10.5. The molecule has 0 spiro atoms. The largest absolute Gasteiger partial charge is 0.352 e. The number of carbonyl (C=O) groups excluding carboxylic acids is 1. The molecule has 0 aliphatic rings. The highest BCUT2D eigenvalue weighted by Gasteiger charge is 2.11. The van der Waals surface area contributed by atoms with Gasteiger partial charge in [0.2, 0.25) is 0 Å². The van der Waals surface area contributed by atoms with E-state index in [2.05, 4.69) is 49.1 Å². The molecule has 1 atom stereocenters. The van der Waals surface area contributed by atoms with Gasteiger partial charge < -0.3 is 5.32 Å². The van der Waals surface area contributed by atoms with Crippen molar-refractivity contribution in [2.24, 2.45) is 5.92 Å². The van der Waals surface area contributed by atoms with Crippen molar-refractivity contribution in [1.82, 2.24) is 10.3 Å². The third kappa shape index (κ3) is 5.48. The molecule has 0 aliphatic heterocycles. The van der Waals surface area contributed by atoms with Crippen molar-refractivity contribution >= 4 is 37.8 Å². The van der Waals surface area contributed by atoms with E-state index < -0.39 is 0 Å². The second-order valence-electron chi connectivity index (χ2n) is 4.23. The first-order valence-corrected chi connectivity index (χ1v) is 8.03. The average molecular weight is 378 g/mol. The van der Waals surface area contributed by atoms with Crippen molar-refractivity contribution in [2.45, 2.75) is 26.2 Å². The van der Waals surface area contributed by atoms with Crippen LogP contribution in [0.5, 0.6) is 0 Å². The summed E-state index contributed by atoms with van der Waals surface area (Å²) in [6.45, 7) is 2.89. The van der Waals surface area contributed by atoms with E-state index in [1.165, 1.54) is 0 Å². The summed E-state index contributed by atoms with van der Waals surface area (Å²) in [4.78, 5) is 15.9. The summed E-state index contributed by atoms with van der Waals surface area (Å²) in [5.74, 6) is 0.484. The van der Waals surface area contributed by atoms with Gasteiger partial charge in [-0.3, -0.25) is 9.78 Å². The Bertz CT molecular complexity index is 379. The van der Waals surface area contributed by atoms with Crippen LogP contribution in [0.4, 0.5) is 0 Å². The van der Waals surface area contributed by atoms with Crippen molar-refractivity contribution in [2.75, 3.05) is 11.9 Å². The highest BCUT2D eigenvalue weighted by atomic mass is 79.9. The monoisotopic (exact) mass is 376 g/mol. The lowest BCUT2D eigenvalue weighted by atomic mass is 10.0. The smallest absolute Gasteiger partial charge is 0.252 e. The number of hydrogen-bond donors (Lipinski definition) is 1. The highest BCUT2D eigenvalue weighted by molar-refractivity contribution is 9.10. The zero-order valence-corrected chi connectivity index (χ0v) is 13.6. The number of halogens is 2. The quantitative estimate of drug-likeness (QED) is 0.734. The second kappa shape index (κ2) is 8.64. The third-order valence-corrected chi connectivity index (χ3v) is 3.62. The molecule has 1 amide bonds. The van der Waals surface area contributed by atoms with E-state index in [0.717, 1.165) is 35.6 Å². The van der Waals surface area contributed by atoms with E-state index in [9.17, 15) is 4.79 Å². The molecule has 18 heavy (non-hydrogen) atoms. The fourth-order valence-corrected chi connectivity index (χ4v) is 2.80. The molecule has 3 nitrogen and oxygen atoms in total. The summed E-state index contributed by atoms with van der Waals surface area (Å²) >= 11 is 6.76. The number of pyridine rings is 1. The van der Waals surface area contributed by atoms with E-state index in [1.54, 1.807) is 18.5 Å². The van der Waals surface area contributed by atoms with Gasteiger partial charge in [0.25, 0.3) is 5.91 Å². The lowest BCUT2D eigenvalue weighted by molar-refractivity contribution is 0.0945. The van der Waals surface area contributed by atoms with E-state index >= 15 is 0 Å². The van der Waals surface area contributed by atoms with Gasteiger partial charge >= 0.3 is 0 Å². The van der Waals surface area contributed by atoms with Gasteiger partial charge in [0.1, 0.15) is 0 Å². The molecular formula is C13H18Br2N2O. The minimum absolute atomic E-state index is 0.0560. The van der Waals surface area contributed by atoms with Gasteiger partial charge in [-0.1, -0.05) is 29.3 Å². The molecule has 1 unspecified atom stereocenters. The van der Waals surface area contributed by atoms with Crippen LogP contribution >= 0.6 is 31.9 Å². The number of aromatic nitrogens is 1. The summed E-state index contributed by atoms with van der Waals surface area (Å²) in [7, 11) is 0. The average Bonchev–Trinajstić information content (AvgIpc) is 2.36. The Kier molecular flexibility index (Phi) is 7.51. The molecule has 1 aromatic rings. The molecule has 100 valence electrons. The van der Waals surface area contributed by atoms with Gasteiger partial charge in [-0.2, -0.15) is 0 Å². The topological polar surface area (TPSA) is 42.0 Å². The second-order valence-corrected chi connectivity index (χ2v) is 5.94. The Labute approximate surface area is 125 Å². The van der Waals surface area contributed by atoms with Crippen LogP contribution in [-0.2, 0) is 0 Å². The first-order chi connectivity index (χ1) is 8.67. The van der Waals surface area contributed by atoms with Crippen molar-refractivity contribution in [1.29, 1.82) is 0 Å². The van der Waals surface area contributed by atoms with E-state index in [0.29, 0.717) is 11.5 Å². The normalized spacial score (nSPS) is 12.2. The molecule has 0 saturated heterocycles. The fourth-order valence-electron chi connectivity index (χ4n) is 1.79. The van der Waals surface area contributed by atoms with E-state index in [4.69, 9.17) is 0 Å². The maximum absolute atomic E-state index is 11.9. The number of alkyl halides is 1. The predicted octanol–water partition coefficient (Wildman–Crippen LogP) is 3.78. The van der Waals surface area contributed by atoms with E-state index in [1.807, 2.05) is 0 Å². The van der Waals surface area contributed by atoms with Crippen LogP contribution in [0.1, 0.15) is 36.5 Å². The summed E-state index contributed by atoms with van der Waals surface area (Å²) in [5, 5.41) is 3.95. The number of hydrogen-bond acceptors (Lipinski definition) is 2. The maximum Gasteiger partial charge on any atom is 0.252 e. The minimum Gasteiger partial charge on any atom is -0.352 e. The summed E-state index contributed by atoms with van der Waals surface area (Å²) in [5.41, 5.74) is 0.596. The summed E-state index contributed by atoms with van der Waals surface area (Å²) in [6.07, 6.45) is 6.63. The molecule has 1 aromatic heterocycles. The van der Waals surface area contributed by atoms with Crippen LogP contribution in [0.3, 0.4) is 0 Å². The standard InChI is InChI=1S/C13H18Br2N2O/c1-2-3-10(4-5-14)7-17-13(18)11-6-12(15)9-16-8-11/h6,8-10H,2-5,7H2,1H3,(H,17,18). The van der Waals surface area contributed by atoms with Crippen LogP contribution in [0, 0.1) is 5.92 Å². The van der Waals surface area contributed by atoms with Crippen LogP contribution in [-0.4, -0.2) is 22.8 Å². The molecule has 1 heterocycles. The molecule has 0 radical (unpaired) electrons. The number of nitrogens with one attached hydrogen (secondary N) is 1. The first-order valence-electron chi connectivity index (χ1n) is 6.12. The Balaban J connectivity index is 2.49. The molecule has 0 aliphatic carbocycles. The number of carbonyl (C=O) groups is 1. The van der Waals surface area contributed by atoms with Crippen LogP contribution < -0.4 is 5.32 Å². The molecular weight excluding hydrogens is 360 g/mol. The van der Waals surface area contributed by atoms with Crippen LogP contribution in [0.15, 0.2) is 22.9 Å². The fraction of sp³-hybridized carbons (Fsp3) is 0.538. The van der Waals surface area contributed by atoms with Gasteiger partial charge in [-0.05, 0) is 40.8 Å². The Morgan fingerprint density at radius 1 is 1.44 bits per heavy atom. The number of amides is 1. The van der Waals surface area contributed by atoms with Gasteiger partial charge in [-0.25, -0.2) is 0 Å². The van der Waals surface area contributed by atoms with Crippen molar-refractivity contribution in [3.8, 4) is 0 Å². The number of nitrogens with zero attached hydrogens (tertiary/aromatic N) is 1. The van der Waals surface area contributed by atoms with E-state index in [-0.39, 0.29) is 5.91 Å². The summed E-state index contributed by atoms with van der Waals surface area (Å²) in [6, 6.07) is 1.78. The third-order valence-electron chi connectivity index (χ3n) is 2.73. The van der Waals surface area contributed by atoms with Gasteiger partial charge in [0, 0.05) is 28.7 Å². The molecule has 1 rings (SSSR count). The van der Waals surface area contributed by atoms with Crippen molar-refractivity contribution in [3.63, 3.8) is 0 Å². The van der Waals surface area contributed by atoms with Crippen LogP contribution in [0.25, 0.3) is 0 Å². The number of rotatable bonds is 7. The van der Waals surface area contributed by atoms with Gasteiger partial charge in [-0.15, -0.1) is 0 Å². The molecule has 0 saturated carbocycles. The van der Waals surface area contributed by atoms with Gasteiger partial charge in [0.15, 0.2) is 0 Å². The molecule has 0 bridgehead atoms. The maximum atomic E-state index is 11.9. The molecule has 1 N–H and O–H groups in total. The van der Waals surface area contributed by atoms with Crippen molar-refractivity contribution in [3.05, 3.63) is 28.5 Å². The molecule has 0 fully saturated rings. The van der Waals surface area contributed by atoms with Gasteiger partial charge in [0.05, 0.1) is 5.56 Å². The summed E-state index contributed by atoms with van der Waals surface area (Å²) < 4.78 is 0.820. The highest BCUT2D eigenvalue weighted by Crippen LogP contribution is 2.13. The lowest BCUT2D eigenvalue weighted by Crippen LogP contribution is -2.29. The van der Waals surface area contributed by atoms with Crippen molar-refractivity contribution < 1.29 is 4.79 Å². The Morgan fingerprint density at radius 3 is 2.83 bits per heavy atom. The lowest BCUT2D eigenvalue weighted by Gasteiger charge is -2.15. The Hall–Kier alpha value is -0.420.